The fourth-order valence-electron chi connectivity index (χ4n) is 1.83. The van der Waals surface area contributed by atoms with E-state index in [9.17, 15) is 4.79 Å². The Morgan fingerprint density at radius 2 is 1.88 bits per heavy atom. The summed E-state index contributed by atoms with van der Waals surface area (Å²) >= 11 is 0. The summed E-state index contributed by atoms with van der Waals surface area (Å²) in [6.07, 6.45) is 3.49. The number of hydrogen-bond donors (Lipinski definition) is 0. The highest BCUT2D eigenvalue weighted by atomic mass is 16.1. The quantitative estimate of drug-likeness (QED) is 0.632. The minimum Gasteiger partial charge on any atom is -0.303 e. The van der Waals surface area contributed by atoms with E-state index in [0.717, 1.165) is 11.3 Å². The van der Waals surface area contributed by atoms with Crippen molar-refractivity contribution in [3.8, 4) is 11.3 Å². The normalized spacial score (nSPS) is 10.9. The van der Waals surface area contributed by atoms with Crippen LogP contribution in [0.15, 0.2) is 53.6 Å². The van der Waals surface area contributed by atoms with Gasteiger partial charge in [-0.2, -0.15) is 0 Å². The van der Waals surface area contributed by atoms with Gasteiger partial charge >= 0.3 is 5.69 Å². The average Bonchev–Trinajstić information content (AvgIpc) is 2.80. The van der Waals surface area contributed by atoms with E-state index < -0.39 is 0 Å². The fraction of sp³-hybridized carbons (Fsp3) is 0.0769. The maximum Gasteiger partial charge on any atom is 0.333 e. The molecule has 4 heteroatoms. The van der Waals surface area contributed by atoms with E-state index in [1.807, 2.05) is 36.4 Å². The third kappa shape index (κ3) is 1.54. The Balaban J connectivity index is 2.28. The molecule has 0 aliphatic carbocycles. The summed E-state index contributed by atoms with van der Waals surface area (Å²) in [4.78, 5) is 16.3. The number of hydrogen-bond acceptors (Lipinski definition) is 2. The average molecular weight is 225 g/mol. The molecular formula is C13H11N3O. The summed E-state index contributed by atoms with van der Waals surface area (Å²) in [5, 5.41) is 0. The second-order valence-electron chi connectivity index (χ2n) is 3.93. The van der Waals surface area contributed by atoms with Crippen LogP contribution < -0.4 is 5.69 Å². The van der Waals surface area contributed by atoms with Crippen LogP contribution >= 0.6 is 0 Å². The van der Waals surface area contributed by atoms with Gasteiger partial charge in [0.25, 0.3) is 0 Å². The molecule has 0 N–H and O–H groups in total. The highest BCUT2D eigenvalue weighted by Crippen LogP contribution is 2.17. The van der Waals surface area contributed by atoms with Gasteiger partial charge in [-0.15, -0.1) is 0 Å². The minimum absolute atomic E-state index is 0.0859. The van der Waals surface area contributed by atoms with E-state index in [1.54, 1.807) is 23.8 Å². The summed E-state index contributed by atoms with van der Waals surface area (Å²) in [5.41, 5.74) is 2.41. The molecule has 3 aromatic rings. The SMILES string of the molecule is Cn1ccc2nc(-c3ccccc3)cn2c1=O. The maximum absolute atomic E-state index is 11.9. The molecule has 0 unspecified atom stereocenters. The molecule has 0 atom stereocenters. The number of nitrogens with zero attached hydrogens (tertiary/aromatic N) is 3. The maximum atomic E-state index is 11.9. The molecule has 2 heterocycles. The van der Waals surface area contributed by atoms with E-state index in [0.29, 0.717) is 5.65 Å². The molecule has 0 amide bonds. The highest BCUT2D eigenvalue weighted by molar-refractivity contribution is 5.62. The first kappa shape index (κ1) is 9.84. The standard InChI is InChI=1S/C13H11N3O/c1-15-8-7-12-14-11(9-16(12)13(15)17)10-5-3-2-4-6-10/h2-9H,1H3. The van der Waals surface area contributed by atoms with Crippen LogP contribution in [0, 0.1) is 0 Å². The molecule has 3 rings (SSSR count). The predicted molar refractivity (Wildman–Crippen MR) is 65.9 cm³/mol. The third-order valence-corrected chi connectivity index (χ3v) is 2.76. The van der Waals surface area contributed by atoms with Crippen molar-refractivity contribution in [2.24, 2.45) is 7.05 Å². The van der Waals surface area contributed by atoms with E-state index >= 15 is 0 Å². The molecule has 4 nitrogen and oxygen atoms in total. The van der Waals surface area contributed by atoms with Crippen LogP contribution in [0.5, 0.6) is 0 Å². The Morgan fingerprint density at radius 1 is 1.12 bits per heavy atom. The van der Waals surface area contributed by atoms with E-state index in [1.165, 1.54) is 4.57 Å². The number of benzene rings is 1. The molecule has 0 bridgehead atoms. The first-order valence-corrected chi connectivity index (χ1v) is 5.36. The van der Waals surface area contributed by atoms with E-state index in [4.69, 9.17) is 0 Å². The fourth-order valence-corrected chi connectivity index (χ4v) is 1.83. The zero-order valence-electron chi connectivity index (χ0n) is 9.37. The van der Waals surface area contributed by atoms with Gasteiger partial charge in [-0.25, -0.2) is 9.78 Å². The van der Waals surface area contributed by atoms with Crippen molar-refractivity contribution in [2.45, 2.75) is 0 Å². The van der Waals surface area contributed by atoms with E-state index in [-0.39, 0.29) is 5.69 Å². The molecule has 0 fully saturated rings. The van der Waals surface area contributed by atoms with Crippen molar-refractivity contribution >= 4 is 5.65 Å². The molecule has 0 radical (unpaired) electrons. The van der Waals surface area contributed by atoms with Gasteiger partial charge < -0.3 is 4.57 Å². The Hall–Kier alpha value is -2.36. The lowest BCUT2D eigenvalue weighted by Gasteiger charge is -1.95. The van der Waals surface area contributed by atoms with Crippen LogP contribution in [-0.4, -0.2) is 14.0 Å². The molecule has 1 aromatic carbocycles. The number of fused-ring (bicyclic) bond motifs is 1. The second kappa shape index (κ2) is 3.59. The van der Waals surface area contributed by atoms with Crippen molar-refractivity contribution in [3.05, 3.63) is 59.3 Å². The first-order valence-electron chi connectivity index (χ1n) is 5.36. The molecule has 0 aliphatic heterocycles. The topological polar surface area (TPSA) is 39.3 Å². The monoisotopic (exact) mass is 225 g/mol. The van der Waals surface area contributed by atoms with Gasteiger partial charge in [0.05, 0.1) is 5.69 Å². The zero-order valence-corrected chi connectivity index (χ0v) is 9.37. The lowest BCUT2D eigenvalue weighted by atomic mass is 10.2. The van der Waals surface area contributed by atoms with Crippen molar-refractivity contribution in [2.75, 3.05) is 0 Å². The zero-order chi connectivity index (χ0) is 11.8. The Kier molecular flexibility index (Phi) is 2.08. The smallest absolute Gasteiger partial charge is 0.303 e. The molecule has 0 aliphatic rings. The van der Waals surface area contributed by atoms with Gasteiger partial charge in [-0.1, -0.05) is 30.3 Å². The summed E-state index contributed by atoms with van der Waals surface area (Å²) in [7, 11) is 1.73. The molecule has 2 aromatic heterocycles. The predicted octanol–water partition coefficient (Wildman–Crippen LogP) is 1.70. The lowest BCUT2D eigenvalue weighted by molar-refractivity contribution is 0.789. The molecule has 0 saturated carbocycles. The first-order chi connectivity index (χ1) is 8.25. The lowest BCUT2D eigenvalue weighted by Crippen LogP contribution is -2.22. The van der Waals surface area contributed by atoms with Crippen LogP contribution in [0.1, 0.15) is 0 Å². The van der Waals surface area contributed by atoms with Crippen molar-refractivity contribution in [3.63, 3.8) is 0 Å². The molecule has 84 valence electrons. The van der Waals surface area contributed by atoms with Crippen molar-refractivity contribution in [1.82, 2.24) is 14.0 Å². The van der Waals surface area contributed by atoms with Crippen LogP contribution in [-0.2, 0) is 7.05 Å². The van der Waals surface area contributed by atoms with Gasteiger partial charge in [0.1, 0.15) is 5.65 Å². The van der Waals surface area contributed by atoms with E-state index in [2.05, 4.69) is 4.98 Å². The number of aryl methyl sites for hydroxylation is 1. The Labute approximate surface area is 97.8 Å². The van der Waals surface area contributed by atoms with Gasteiger partial charge in [0.15, 0.2) is 0 Å². The third-order valence-electron chi connectivity index (χ3n) is 2.76. The van der Waals surface area contributed by atoms with Gasteiger partial charge in [-0.3, -0.25) is 4.40 Å². The summed E-state index contributed by atoms with van der Waals surface area (Å²) in [6, 6.07) is 11.7. The second-order valence-corrected chi connectivity index (χ2v) is 3.93. The van der Waals surface area contributed by atoms with Crippen LogP contribution in [0.25, 0.3) is 16.9 Å². The van der Waals surface area contributed by atoms with Crippen LogP contribution in [0.4, 0.5) is 0 Å². The van der Waals surface area contributed by atoms with Gasteiger partial charge in [0.2, 0.25) is 0 Å². The largest absolute Gasteiger partial charge is 0.333 e. The number of rotatable bonds is 1. The molecule has 0 spiro atoms. The molecular weight excluding hydrogens is 214 g/mol. The number of aromatic nitrogens is 3. The Bertz CT molecular complexity index is 725. The molecule has 17 heavy (non-hydrogen) atoms. The summed E-state index contributed by atoms with van der Waals surface area (Å²) in [6.45, 7) is 0. The van der Waals surface area contributed by atoms with Gasteiger partial charge in [0, 0.05) is 25.0 Å². The number of imidazole rings is 1. The van der Waals surface area contributed by atoms with Crippen LogP contribution in [0.2, 0.25) is 0 Å². The van der Waals surface area contributed by atoms with Crippen molar-refractivity contribution in [1.29, 1.82) is 0 Å². The summed E-state index contributed by atoms with van der Waals surface area (Å²) in [5.74, 6) is 0. The highest BCUT2D eigenvalue weighted by Gasteiger charge is 2.06. The molecule has 0 saturated heterocycles. The Morgan fingerprint density at radius 3 is 2.65 bits per heavy atom. The van der Waals surface area contributed by atoms with Gasteiger partial charge in [-0.05, 0) is 6.07 Å². The summed E-state index contributed by atoms with van der Waals surface area (Å²) < 4.78 is 3.09. The minimum atomic E-state index is -0.0859. The van der Waals surface area contributed by atoms with Crippen LogP contribution in [0.3, 0.4) is 0 Å². The van der Waals surface area contributed by atoms with Crippen molar-refractivity contribution < 1.29 is 0 Å².